The largest absolute Gasteiger partial charge is 0.383 e. The first-order chi connectivity index (χ1) is 6.77. The number of guanidine groups is 1. The van der Waals surface area contributed by atoms with Gasteiger partial charge in [0.25, 0.3) is 0 Å². The fourth-order valence-electron chi connectivity index (χ4n) is 1.29. The molecule has 0 spiro atoms. The van der Waals surface area contributed by atoms with E-state index in [0.717, 1.165) is 24.9 Å². The van der Waals surface area contributed by atoms with Crippen molar-refractivity contribution in [1.29, 1.82) is 0 Å². The quantitative estimate of drug-likeness (QED) is 0.187. The van der Waals surface area contributed by atoms with E-state index >= 15 is 0 Å². The van der Waals surface area contributed by atoms with Gasteiger partial charge in [0.2, 0.25) is 5.96 Å². The van der Waals surface area contributed by atoms with E-state index < -0.39 is 0 Å². The minimum atomic E-state index is 0.653. The van der Waals surface area contributed by atoms with E-state index in [-0.39, 0.29) is 0 Å². The van der Waals surface area contributed by atoms with Crippen LogP contribution in [0.3, 0.4) is 0 Å². The third-order valence-corrected chi connectivity index (χ3v) is 2.50. The number of aliphatic imine (C=N–C) groups is 1. The highest BCUT2D eigenvalue weighted by Crippen LogP contribution is 2.37. The normalized spacial score (nSPS) is 26.1. The fourth-order valence-corrected chi connectivity index (χ4v) is 1.29. The van der Waals surface area contributed by atoms with Crippen LogP contribution in [0.15, 0.2) is 4.99 Å². The van der Waals surface area contributed by atoms with Gasteiger partial charge in [-0.3, -0.25) is 10.4 Å². The number of hydrogen-bond acceptors (Lipinski definition) is 3. The topological polar surface area (TPSA) is 71.7 Å². The van der Waals surface area contributed by atoms with Crippen LogP contribution in [-0.4, -0.2) is 32.8 Å². The highest BCUT2D eigenvalue weighted by molar-refractivity contribution is 5.79. The second-order valence-electron chi connectivity index (χ2n) is 3.73. The van der Waals surface area contributed by atoms with E-state index in [1.165, 1.54) is 6.42 Å². The van der Waals surface area contributed by atoms with Gasteiger partial charge in [-0.1, -0.05) is 6.92 Å². The molecule has 1 fully saturated rings. The van der Waals surface area contributed by atoms with E-state index in [1.54, 1.807) is 7.11 Å². The van der Waals surface area contributed by atoms with E-state index in [9.17, 15) is 0 Å². The van der Waals surface area contributed by atoms with Crippen LogP contribution >= 0.6 is 0 Å². The lowest BCUT2D eigenvalue weighted by Gasteiger charge is -2.07. The van der Waals surface area contributed by atoms with Gasteiger partial charge in [-0.15, -0.1) is 0 Å². The summed E-state index contributed by atoms with van der Waals surface area (Å²) in [7, 11) is 1.67. The van der Waals surface area contributed by atoms with Crippen LogP contribution in [0, 0.1) is 11.8 Å². The molecule has 2 unspecified atom stereocenters. The Kier molecular flexibility index (Phi) is 4.69. The van der Waals surface area contributed by atoms with Crippen molar-refractivity contribution in [3.8, 4) is 0 Å². The molecular weight excluding hydrogens is 180 g/mol. The number of hydrazine groups is 1. The molecule has 4 N–H and O–H groups in total. The van der Waals surface area contributed by atoms with Crippen molar-refractivity contribution in [3.05, 3.63) is 0 Å². The summed E-state index contributed by atoms with van der Waals surface area (Å²) in [5.74, 6) is 7.55. The molecule has 1 aliphatic rings. The highest BCUT2D eigenvalue weighted by Gasteiger charge is 2.31. The maximum Gasteiger partial charge on any atom is 0.205 e. The zero-order chi connectivity index (χ0) is 10.4. The van der Waals surface area contributed by atoms with Crippen molar-refractivity contribution in [1.82, 2.24) is 10.7 Å². The molecule has 5 nitrogen and oxygen atoms in total. The molecule has 0 bridgehead atoms. The van der Waals surface area contributed by atoms with Crippen molar-refractivity contribution in [2.45, 2.75) is 13.3 Å². The molecule has 1 rings (SSSR count). The number of nitrogens with two attached hydrogens (primary N) is 1. The Morgan fingerprint density at radius 3 is 2.86 bits per heavy atom. The Morgan fingerprint density at radius 1 is 1.64 bits per heavy atom. The Bertz CT molecular complexity index is 195. The molecule has 2 atom stereocenters. The molecule has 0 aromatic carbocycles. The maximum absolute atomic E-state index is 5.31. The summed E-state index contributed by atoms with van der Waals surface area (Å²) in [6, 6.07) is 0. The van der Waals surface area contributed by atoms with Crippen LogP contribution in [0.5, 0.6) is 0 Å². The van der Waals surface area contributed by atoms with Crippen molar-refractivity contribution >= 4 is 5.96 Å². The van der Waals surface area contributed by atoms with Gasteiger partial charge in [0, 0.05) is 20.2 Å². The summed E-state index contributed by atoms with van der Waals surface area (Å²) in [5, 5.41) is 3.06. The maximum atomic E-state index is 5.31. The van der Waals surface area contributed by atoms with Crippen LogP contribution in [0.2, 0.25) is 0 Å². The predicted octanol–water partition coefficient (Wildman–Crippen LogP) is -0.302. The van der Waals surface area contributed by atoms with Crippen molar-refractivity contribution in [2.75, 3.05) is 26.8 Å². The molecule has 1 aliphatic carbocycles. The van der Waals surface area contributed by atoms with Crippen molar-refractivity contribution in [3.63, 3.8) is 0 Å². The molecule has 82 valence electrons. The van der Waals surface area contributed by atoms with Crippen LogP contribution in [0.25, 0.3) is 0 Å². The van der Waals surface area contributed by atoms with Crippen molar-refractivity contribution in [2.24, 2.45) is 22.7 Å². The summed E-state index contributed by atoms with van der Waals surface area (Å²) in [6.45, 7) is 4.48. The van der Waals surface area contributed by atoms with Crippen LogP contribution < -0.4 is 16.6 Å². The number of rotatable bonds is 5. The van der Waals surface area contributed by atoms with Crippen LogP contribution in [-0.2, 0) is 4.74 Å². The molecular formula is C9H20N4O. The summed E-state index contributed by atoms with van der Waals surface area (Å²) >= 11 is 0. The molecule has 0 aliphatic heterocycles. The second-order valence-corrected chi connectivity index (χ2v) is 3.73. The van der Waals surface area contributed by atoms with Gasteiger partial charge in [0.05, 0.1) is 6.61 Å². The molecule has 5 heteroatoms. The first kappa shape index (κ1) is 11.3. The zero-order valence-electron chi connectivity index (χ0n) is 8.92. The van der Waals surface area contributed by atoms with Gasteiger partial charge in [0.15, 0.2) is 0 Å². The summed E-state index contributed by atoms with van der Waals surface area (Å²) in [6.07, 6.45) is 1.29. The van der Waals surface area contributed by atoms with Crippen LogP contribution in [0.4, 0.5) is 0 Å². The van der Waals surface area contributed by atoms with Gasteiger partial charge in [-0.05, 0) is 18.3 Å². The monoisotopic (exact) mass is 200 g/mol. The van der Waals surface area contributed by atoms with Gasteiger partial charge in [-0.25, -0.2) is 5.84 Å². The Hall–Kier alpha value is -0.810. The Labute approximate surface area is 85.1 Å². The van der Waals surface area contributed by atoms with E-state index in [1.807, 2.05) is 0 Å². The number of ether oxygens (including phenoxy) is 1. The lowest BCUT2D eigenvalue weighted by Crippen LogP contribution is -2.43. The second kappa shape index (κ2) is 5.82. The van der Waals surface area contributed by atoms with Crippen LogP contribution in [0.1, 0.15) is 13.3 Å². The number of nitrogens with zero attached hydrogens (tertiary/aromatic N) is 1. The molecule has 0 aromatic rings. The summed E-state index contributed by atoms with van der Waals surface area (Å²) in [5.41, 5.74) is 2.54. The van der Waals surface area contributed by atoms with Crippen molar-refractivity contribution < 1.29 is 4.74 Å². The fraction of sp³-hybridized carbons (Fsp3) is 0.889. The lowest BCUT2D eigenvalue weighted by atomic mass is 10.3. The number of methoxy groups -OCH3 is 1. The Balaban J connectivity index is 2.15. The van der Waals surface area contributed by atoms with Gasteiger partial charge >= 0.3 is 0 Å². The zero-order valence-corrected chi connectivity index (χ0v) is 8.92. The number of nitrogens with one attached hydrogen (secondary N) is 2. The predicted molar refractivity (Wildman–Crippen MR) is 56.8 cm³/mol. The highest BCUT2D eigenvalue weighted by atomic mass is 16.5. The molecule has 0 aromatic heterocycles. The SMILES string of the molecule is COCCNC(=NCC1CC1C)NN. The van der Waals surface area contributed by atoms with E-state index in [0.29, 0.717) is 12.6 Å². The van der Waals surface area contributed by atoms with Gasteiger partial charge < -0.3 is 10.1 Å². The average molecular weight is 200 g/mol. The third kappa shape index (κ3) is 3.93. The minimum absolute atomic E-state index is 0.653. The number of hydrogen-bond donors (Lipinski definition) is 3. The first-order valence-electron chi connectivity index (χ1n) is 5.01. The smallest absolute Gasteiger partial charge is 0.205 e. The first-order valence-corrected chi connectivity index (χ1v) is 5.01. The standard InChI is InChI=1S/C9H20N4O/c1-7-5-8(7)6-12-9(13-10)11-3-4-14-2/h7-8H,3-6,10H2,1-2H3,(H2,11,12,13). The van der Waals surface area contributed by atoms with Gasteiger partial charge in [-0.2, -0.15) is 0 Å². The van der Waals surface area contributed by atoms with E-state index in [2.05, 4.69) is 22.7 Å². The average Bonchev–Trinajstić information content (AvgIpc) is 2.88. The summed E-state index contributed by atoms with van der Waals surface area (Å²) < 4.78 is 4.91. The molecule has 0 saturated heterocycles. The molecule has 0 heterocycles. The minimum Gasteiger partial charge on any atom is -0.383 e. The van der Waals surface area contributed by atoms with Gasteiger partial charge in [0.1, 0.15) is 0 Å². The van der Waals surface area contributed by atoms with E-state index in [4.69, 9.17) is 10.6 Å². The lowest BCUT2D eigenvalue weighted by molar-refractivity contribution is 0.203. The third-order valence-electron chi connectivity index (χ3n) is 2.50. The molecule has 0 amide bonds. The summed E-state index contributed by atoms with van der Waals surface area (Å²) in [4.78, 5) is 4.34. The molecule has 0 radical (unpaired) electrons. The Morgan fingerprint density at radius 2 is 2.36 bits per heavy atom. The molecule has 1 saturated carbocycles. The molecule has 14 heavy (non-hydrogen) atoms.